The quantitative estimate of drug-likeness (QED) is 0.864. The monoisotopic (exact) mass is 232 g/mol. The summed E-state index contributed by atoms with van der Waals surface area (Å²) in [5.74, 6) is -0.242. The zero-order chi connectivity index (χ0) is 12.3. The van der Waals surface area contributed by atoms with Crippen LogP contribution in [-0.2, 0) is 10.3 Å². The second-order valence-electron chi connectivity index (χ2n) is 4.98. The first-order chi connectivity index (χ1) is 8.13. The van der Waals surface area contributed by atoms with Crippen LogP contribution in [0, 0.1) is 0 Å². The van der Waals surface area contributed by atoms with Crippen molar-refractivity contribution in [3.05, 3.63) is 35.9 Å². The fourth-order valence-electron chi connectivity index (χ4n) is 2.74. The van der Waals surface area contributed by atoms with Crippen molar-refractivity contribution in [2.45, 2.75) is 31.7 Å². The Labute approximate surface area is 103 Å². The largest absolute Gasteiger partial charge is 0.369 e. The van der Waals surface area contributed by atoms with Crippen LogP contribution in [0.1, 0.15) is 31.7 Å². The average molecular weight is 232 g/mol. The molecule has 1 heterocycles. The number of piperidine rings is 1. The van der Waals surface area contributed by atoms with E-state index in [-0.39, 0.29) is 11.4 Å². The molecule has 1 amide bonds. The van der Waals surface area contributed by atoms with Gasteiger partial charge in [-0.15, -0.1) is 0 Å². The van der Waals surface area contributed by atoms with Crippen molar-refractivity contribution in [3.63, 3.8) is 0 Å². The Balaban J connectivity index is 2.28. The van der Waals surface area contributed by atoms with Crippen LogP contribution in [0.3, 0.4) is 0 Å². The van der Waals surface area contributed by atoms with Gasteiger partial charge in [0.25, 0.3) is 0 Å². The normalized spacial score (nSPS) is 25.7. The molecule has 1 atom stereocenters. The second-order valence-corrected chi connectivity index (χ2v) is 4.98. The van der Waals surface area contributed by atoms with Gasteiger partial charge in [-0.1, -0.05) is 36.8 Å². The fourth-order valence-corrected chi connectivity index (χ4v) is 2.74. The smallest absolute Gasteiger partial charge is 0.231 e. The summed E-state index contributed by atoms with van der Waals surface area (Å²) in [6.07, 6.45) is 3.45. The molecule has 1 unspecified atom stereocenters. The van der Waals surface area contributed by atoms with Gasteiger partial charge >= 0.3 is 0 Å². The summed E-state index contributed by atoms with van der Waals surface area (Å²) in [6, 6.07) is 10.4. The van der Waals surface area contributed by atoms with Gasteiger partial charge in [-0.05, 0) is 31.9 Å². The summed E-state index contributed by atoms with van der Waals surface area (Å²) in [4.78, 5) is 13.4. The number of nitrogens with zero attached hydrogens (tertiary/aromatic N) is 1. The maximum absolute atomic E-state index is 11.2. The lowest BCUT2D eigenvalue weighted by molar-refractivity contribution is -0.121. The van der Waals surface area contributed by atoms with Crippen LogP contribution in [0.5, 0.6) is 0 Å². The highest BCUT2D eigenvalue weighted by molar-refractivity contribution is 5.76. The van der Waals surface area contributed by atoms with Crippen molar-refractivity contribution in [3.8, 4) is 0 Å². The summed E-state index contributed by atoms with van der Waals surface area (Å²) >= 11 is 0. The topological polar surface area (TPSA) is 46.3 Å². The SMILES string of the molecule is CC1(c2ccccc2)CCCCN1CC(N)=O. The van der Waals surface area contributed by atoms with E-state index in [0.29, 0.717) is 6.54 Å². The minimum atomic E-state index is -0.242. The predicted octanol–water partition coefficient (Wildman–Crippen LogP) is 1.87. The van der Waals surface area contributed by atoms with E-state index in [1.54, 1.807) is 0 Å². The van der Waals surface area contributed by atoms with E-state index in [9.17, 15) is 4.79 Å². The molecule has 0 saturated carbocycles. The minimum absolute atomic E-state index is 0.0471. The molecule has 2 rings (SSSR count). The number of carbonyl (C=O) groups excluding carboxylic acids is 1. The van der Waals surface area contributed by atoms with Gasteiger partial charge in [0.1, 0.15) is 0 Å². The van der Waals surface area contributed by atoms with Crippen LogP contribution in [0.2, 0.25) is 0 Å². The molecule has 1 saturated heterocycles. The van der Waals surface area contributed by atoms with Crippen LogP contribution in [0.25, 0.3) is 0 Å². The number of carbonyl (C=O) groups is 1. The van der Waals surface area contributed by atoms with Crippen molar-refractivity contribution in [2.24, 2.45) is 5.73 Å². The third kappa shape index (κ3) is 2.50. The van der Waals surface area contributed by atoms with Crippen molar-refractivity contribution < 1.29 is 4.79 Å². The summed E-state index contributed by atoms with van der Waals surface area (Å²) in [7, 11) is 0. The lowest BCUT2D eigenvalue weighted by Crippen LogP contribution is -2.50. The number of nitrogens with two attached hydrogens (primary N) is 1. The van der Waals surface area contributed by atoms with Crippen molar-refractivity contribution >= 4 is 5.91 Å². The van der Waals surface area contributed by atoms with Gasteiger partial charge in [-0.25, -0.2) is 0 Å². The summed E-state index contributed by atoms with van der Waals surface area (Å²) in [6.45, 7) is 3.52. The first-order valence-corrected chi connectivity index (χ1v) is 6.22. The van der Waals surface area contributed by atoms with E-state index in [1.807, 2.05) is 6.07 Å². The van der Waals surface area contributed by atoms with Gasteiger partial charge in [0.15, 0.2) is 0 Å². The zero-order valence-corrected chi connectivity index (χ0v) is 10.4. The molecule has 1 aromatic rings. The Kier molecular flexibility index (Phi) is 3.48. The number of hydrogen-bond acceptors (Lipinski definition) is 2. The molecular weight excluding hydrogens is 212 g/mol. The molecule has 0 spiro atoms. The van der Waals surface area contributed by atoms with Gasteiger partial charge in [0.2, 0.25) is 5.91 Å². The first kappa shape index (κ1) is 12.1. The molecular formula is C14H20N2O. The molecule has 1 aliphatic rings. The number of likely N-dealkylation sites (tertiary alicyclic amines) is 1. The number of amides is 1. The van der Waals surface area contributed by atoms with Crippen molar-refractivity contribution in [1.29, 1.82) is 0 Å². The molecule has 92 valence electrons. The molecule has 0 bridgehead atoms. The van der Waals surface area contributed by atoms with Gasteiger partial charge in [0, 0.05) is 5.54 Å². The molecule has 1 fully saturated rings. The molecule has 1 aromatic carbocycles. The summed E-state index contributed by atoms with van der Waals surface area (Å²) < 4.78 is 0. The highest BCUT2D eigenvalue weighted by atomic mass is 16.1. The van der Waals surface area contributed by atoms with E-state index in [0.717, 1.165) is 19.4 Å². The number of primary amides is 1. The number of rotatable bonds is 3. The molecule has 0 aliphatic carbocycles. The van der Waals surface area contributed by atoms with Gasteiger partial charge in [0.05, 0.1) is 6.54 Å². The Bertz CT molecular complexity index is 390. The highest BCUT2D eigenvalue weighted by Gasteiger charge is 2.36. The maximum Gasteiger partial charge on any atom is 0.231 e. The van der Waals surface area contributed by atoms with Gasteiger partial charge in [-0.3, -0.25) is 9.69 Å². The third-order valence-corrected chi connectivity index (χ3v) is 3.78. The summed E-state index contributed by atoms with van der Waals surface area (Å²) in [5.41, 5.74) is 6.57. The Morgan fingerprint density at radius 1 is 1.35 bits per heavy atom. The van der Waals surface area contributed by atoms with E-state index in [1.165, 1.54) is 12.0 Å². The van der Waals surface area contributed by atoms with Gasteiger partial charge in [-0.2, -0.15) is 0 Å². The van der Waals surface area contributed by atoms with Gasteiger partial charge < -0.3 is 5.73 Å². The minimum Gasteiger partial charge on any atom is -0.369 e. The van der Waals surface area contributed by atoms with Crippen LogP contribution >= 0.6 is 0 Å². The number of hydrogen-bond donors (Lipinski definition) is 1. The van der Waals surface area contributed by atoms with Crippen molar-refractivity contribution in [2.75, 3.05) is 13.1 Å². The van der Waals surface area contributed by atoms with E-state index < -0.39 is 0 Å². The average Bonchev–Trinajstić information content (AvgIpc) is 2.33. The van der Waals surface area contributed by atoms with E-state index in [4.69, 9.17) is 5.73 Å². The van der Waals surface area contributed by atoms with Crippen LogP contribution in [0.15, 0.2) is 30.3 Å². The zero-order valence-electron chi connectivity index (χ0n) is 10.4. The highest BCUT2D eigenvalue weighted by Crippen LogP contribution is 2.36. The lowest BCUT2D eigenvalue weighted by Gasteiger charge is -2.44. The third-order valence-electron chi connectivity index (χ3n) is 3.78. The van der Waals surface area contributed by atoms with E-state index >= 15 is 0 Å². The standard InChI is InChI=1S/C14H20N2O/c1-14(12-7-3-2-4-8-12)9-5-6-10-16(14)11-13(15)17/h2-4,7-8H,5-6,9-11H2,1H3,(H2,15,17). The Morgan fingerprint density at radius 2 is 2.06 bits per heavy atom. The number of benzene rings is 1. The Hall–Kier alpha value is -1.35. The molecule has 17 heavy (non-hydrogen) atoms. The molecule has 0 aromatic heterocycles. The van der Waals surface area contributed by atoms with E-state index in [2.05, 4.69) is 36.1 Å². The molecule has 3 nitrogen and oxygen atoms in total. The van der Waals surface area contributed by atoms with Crippen LogP contribution in [0.4, 0.5) is 0 Å². The Morgan fingerprint density at radius 3 is 2.71 bits per heavy atom. The predicted molar refractivity (Wildman–Crippen MR) is 68.4 cm³/mol. The van der Waals surface area contributed by atoms with Crippen LogP contribution in [-0.4, -0.2) is 23.9 Å². The molecule has 3 heteroatoms. The molecule has 0 radical (unpaired) electrons. The fraction of sp³-hybridized carbons (Fsp3) is 0.500. The first-order valence-electron chi connectivity index (χ1n) is 6.22. The second kappa shape index (κ2) is 4.88. The summed E-state index contributed by atoms with van der Waals surface area (Å²) in [5, 5.41) is 0. The van der Waals surface area contributed by atoms with Crippen molar-refractivity contribution in [1.82, 2.24) is 4.90 Å². The molecule has 2 N–H and O–H groups in total. The lowest BCUT2D eigenvalue weighted by atomic mass is 9.82. The maximum atomic E-state index is 11.2. The van der Waals surface area contributed by atoms with Crippen LogP contribution < -0.4 is 5.73 Å². The molecule has 1 aliphatic heterocycles.